The third-order valence-corrected chi connectivity index (χ3v) is 5.36. The second kappa shape index (κ2) is 5.24. The first-order valence-corrected chi connectivity index (χ1v) is 8.47. The molecule has 1 aromatic heterocycles. The molecule has 2 aromatic carbocycles. The molecule has 2 heterocycles. The summed E-state index contributed by atoms with van der Waals surface area (Å²) in [6.07, 6.45) is 1.10. The third kappa shape index (κ3) is 2.21. The molecule has 0 saturated heterocycles. The van der Waals surface area contributed by atoms with Crippen LogP contribution in [0.4, 0.5) is 0 Å². The largest absolute Gasteiger partial charge is 0.356 e. The Balaban J connectivity index is 1.95. The van der Waals surface area contributed by atoms with E-state index >= 15 is 0 Å². The Morgan fingerprint density at radius 3 is 2.65 bits per heavy atom. The Bertz CT molecular complexity index is 902. The van der Waals surface area contributed by atoms with Gasteiger partial charge in [0.2, 0.25) is 0 Å². The lowest BCUT2D eigenvalue weighted by atomic mass is 9.90. The molecule has 0 aliphatic carbocycles. The van der Waals surface area contributed by atoms with Gasteiger partial charge >= 0.3 is 0 Å². The van der Waals surface area contributed by atoms with Crippen molar-refractivity contribution < 1.29 is 0 Å². The van der Waals surface area contributed by atoms with Crippen molar-refractivity contribution in [3.63, 3.8) is 0 Å². The minimum atomic E-state index is 0.269. The fourth-order valence-electron chi connectivity index (χ4n) is 4.04. The van der Waals surface area contributed by atoms with Crippen LogP contribution in [0, 0.1) is 27.7 Å². The number of hydrogen-bond donors (Lipinski definition) is 2. The van der Waals surface area contributed by atoms with Crippen LogP contribution >= 0.6 is 0 Å². The van der Waals surface area contributed by atoms with Gasteiger partial charge in [-0.3, -0.25) is 0 Å². The van der Waals surface area contributed by atoms with Gasteiger partial charge in [0.25, 0.3) is 0 Å². The number of fused-ring (bicyclic) bond motifs is 3. The number of aromatic nitrogens is 1. The van der Waals surface area contributed by atoms with E-state index < -0.39 is 0 Å². The van der Waals surface area contributed by atoms with E-state index in [0.717, 1.165) is 13.0 Å². The molecule has 2 heteroatoms. The summed E-state index contributed by atoms with van der Waals surface area (Å²) in [4.78, 5) is 3.74. The standard InChI is InChI=1S/C21H24N2/c1-12-10-14(3)19-18(11-12)17-8-9-22-20(21(17)23-19)16-7-5-6-13(2)15(16)4/h5-7,10-11,20,22-23H,8-9H2,1-4H3. The minimum absolute atomic E-state index is 0.269. The van der Waals surface area contributed by atoms with Gasteiger partial charge in [-0.1, -0.05) is 29.8 Å². The molecule has 1 aliphatic rings. The van der Waals surface area contributed by atoms with E-state index in [-0.39, 0.29) is 6.04 Å². The highest BCUT2D eigenvalue weighted by molar-refractivity contribution is 5.88. The Labute approximate surface area is 137 Å². The number of aromatic amines is 1. The SMILES string of the molecule is Cc1cc(C)c2[nH]c3c(c2c1)CCNC3c1cccc(C)c1C. The Hall–Kier alpha value is -2.06. The van der Waals surface area contributed by atoms with Crippen LogP contribution in [0.5, 0.6) is 0 Å². The zero-order valence-corrected chi connectivity index (χ0v) is 14.4. The van der Waals surface area contributed by atoms with Crippen molar-refractivity contribution >= 4 is 10.9 Å². The van der Waals surface area contributed by atoms with Crippen LogP contribution in [0.1, 0.15) is 45.1 Å². The summed E-state index contributed by atoms with van der Waals surface area (Å²) in [7, 11) is 0. The van der Waals surface area contributed by atoms with Crippen molar-refractivity contribution in [1.29, 1.82) is 0 Å². The van der Waals surface area contributed by atoms with Gasteiger partial charge in [-0.05, 0) is 68.0 Å². The van der Waals surface area contributed by atoms with Crippen LogP contribution in [0.3, 0.4) is 0 Å². The first-order valence-electron chi connectivity index (χ1n) is 8.47. The van der Waals surface area contributed by atoms with Crippen molar-refractivity contribution in [3.05, 3.63) is 69.4 Å². The summed E-state index contributed by atoms with van der Waals surface area (Å²) >= 11 is 0. The van der Waals surface area contributed by atoms with Gasteiger partial charge in [-0.15, -0.1) is 0 Å². The van der Waals surface area contributed by atoms with Gasteiger partial charge in [-0.2, -0.15) is 0 Å². The third-order valence-electron chi connectivity index (χ3n) is 5.36. The van der Waals surface area contributed by atoms with Gasteiger partial charge in [0.05, 0.1) is 6.04 Å². The Kier molecular flexibility index (Phi) is 3.31. The van der Waals surface area contributed by atoms with Crippen molar-refractivity contribution in [2.24, 2.45) is 0 Å². The van der Waals surface area contributed by atoms with Gasteiger partial charge < -0.3 is 10.3 Å². The topological polar surface area (TPSA) is 27.8 Å². The molecule has 2 N–H and O–H groups in total. The van der Waals surface area contributed by atoms with Crippen LogP contribution in [0.15, 0.2) is 30.3 Å². The summed E-state index contributed by atoms with van der Waals surface area (Å²) < 4.78 is 0. The zero-order chi connectivity index (χ0) is 16.1. The molecule has 1 aliphatic heterocycles. The second-order valence-corrected chi connectivity index (χ2v) is 6.95. The molecule has 3 aromatic rings. The Morgan fingerprint density at radius 2 is 1.83 bits per heavy atom. The molecule has 0 spiro atoms. The molecule has 0 saturated carbocycles. The van der Waals surface area contributed by atoms with E-state index in [1.54, 1.807) is 0 Å². The van der Waals surface area contributed by atoms with Crippen molar-refractivity contribution in [1.82, 2.24) is 10.3 Å². The Morgan fingerprint density at radius 1 is 1.00 bits per heavy atom. The molecule has 1 unspecified atom stereocenters. The van der Waals surface area contributed by atoms with E-state index in [9.17, 15) is 0 Å². The highest BCUT2D eigenvalue weighted by atomic mass is 15.0. The molecule has 118 valence electrons. The van der Waals surface area contributed by atoms with Crippen LogP contribution in [0.2, 0.25) is 0 Å². The van der Waals surface area contributed by atoms with E-state index in [2.05, 4.69) is 68.3 Å². The predicted octanol–water partition coefficient (Wildman–Crippen LogP) is 4.64. The molecule has 23 heavy (non-hydrogen) atoms. The molecular weight excluding hydrogens is 280 g/mol. The van der Waals surface area contributed by atoms with Crippen molar-refractivity contribution in [2.75, 3.05) is 6.54 Å². The average molecular weight is 304 g/mol. The lowest BCUT2D eigenvalue weighted by molar-refractivity contribution is 0.558. The molecule has 4 rings (SSSR count). The van der Waals surface area contributed by atoms with Crippen molar-refractivity contribution in [2.45, 2.75) is 40.2 Å². The van der Waals surface area contributed by atoms with E-state index in [1.807, 2.05) is 0 Å². The maximum absolute atomic E-state index is 3.74. The summed E-state index contributed by atoms with van der Waals surface area (Å²) in [5.74, 6) is 0. The highest BCUT2D eigenvalue weighted by Gasteiger charge is 2.26. The van der Waals surface area contributed by atoms with Gasteiger partial charge in [0, 0.05) is 23.1 Å². The molecular formula is C21H24N2. The minimum Gasteiger partial charge on any atom is -0.356 e. The maximum atomic E-state index is 3.74. The normalized spacial score (nSPS) is 17.5. The van der Waals surface area contributed by atoms with Crippen molar-refractivity contribution in [3.8, 4) is 0 Å². The summed E-state index contributed by atoms with van der Waals surface area (Å²) in [5.41, 5.74) is 11.0. The molecule has 2 nitrogen and oxygen atoms in total. The van der Waals surface area contributed by atoms with E-state index in [1.165, 1.54) is 50.0 Å². The number of nitrogens with one attached hydrogen (secondary N) is 2. The van der Waals surface area contributed by atoms with Crippen LogP contribution < -0.4 is 5.32 Å². The lowest BCUT2D eigenvalue weighted by Gasteiger charge is -2.26. The van der Waals surface area contributed by atoms with Gasteiger partial charge in [0.15, 0.2) is 0 Å². The number of hydrogen-bond acceptors (Lipinski definition) is 1. The summed E-state index contributed by atoms with van der Waals surface area (Å²) in [6, 6.07) is 11.5. The molecule has 0 amide bonds. The van der Waals surface area contributed by atoms with Gasteiger partial charge in [0.1, 0.15) is 0 Å². The van der Waals surface area contributed by atoms with E-state index in [4.69, 9.17) is 0 Å². The van der Waals surface area contributed by atoms with Crippen LogP contribution in [-0.4, -0.2) is 11.5 Å². The number of H-pyrrole nitrogens is 1. The molecule has 0 fully saturated rings. The smallest absolute Gasteiger partial charge is 0.0735 e. The van der Waals surface area contributed by atoms with Crippen LogP contribution in [-0.2, 0) is 6.42 Å². The zero-order valence-electron chi connectivity index (χ0n) is 14.4. The first kappa shape index (κ1) is 14.5. The molecule has 0 radical (unpaired) electrons. The fourth-order valence-corrected chi connectivity index (χ4v) is 4.04. The van der Waals surface area contributed by atoms with Gasteiger partial charge in [-0.25, -0.2) is 0 Å². The average Bonchev–Trinajstić information content (AvgIpc) is 2.89. The predicted molar refractivity (Wildman–Crippen MR) is 97.2 cm³/mol. The number of benzene rings is 2. The van der Waals surface area contributed by atoms with Crippen LogP contribution in [0.25, 0.3) is 10.9 Å². The quantitative estimate of drug-likeness (QED) is 0.673. The summed E-state index contributed by atoms with van der Waals surface area (Å²) in [5, 5.41) is 5.13. The fraction of sp³-hybridized carbons (Fsp3) is 0.333. The molecule has 1 atom stereocenters. The highest BCUT2D eigenvalue weighted by Crippen LogP contribution is 2.36. The number of aryl methyl sites for hydroxylation is 3. The summed E-state index contributed by atoms with van der Waals surface area (Å²) in [6.45, 7) is 9.86. The maximum Gasteiger partial charge on any atom is 0.0735 e. The first-order chi connectivity index (χ1) is 11.1. The monoisotopic (exact) mass is 304 g/mol. The molecule has 0 bridgehead atoms. The second-order valence-electron chi connectivity index (χ2n) is 6.95. The number of rotatable bonds is 1. The lowest BCUT2D eigenvalue weighted by Crippen LogP contribution is -2.31. The van der Waals surface area contributed by atoms with E-state index in [0.29, 0.717) is 0 Å².